The number of aromatic nitrogens is 2. The lowest BCUT2D eigenvalue weighted by Crippen LogP contribution is -2.54. The minimum Gasteiger partial charge on any atom is -0.379 e. The molecule has 1 aromatic carbocycles. The third kappa shape index (κ3) is 3.26. The van der Waals surface area contributed by atoms with Crippen molar-refractivity contribution < 1.29 is 4.74 Å². The number of nitrogens with one attached hydrogen (secondary N) is 2. The standard InChI is InChI=1S/C16H24N4O/c1-16(2,20-6-8-21-9-7-20)12-17-10-13-4-3-5-14-11-18-19-15(13)14/h3-5,11,17H,6-10,12H2,1-2H3,(H,18,19). The van der Waals surface area contributed by atoms with Gasteiger partial charge in [0.1, 0.15) is 0 Å². The van der Waals surface area contributed by atoms with Crippen molar-refractivity contribution in [3.8, 4) is 0 Å². The number of morpholine rings is 1. The van der Waals surface area contributed by atoms with E-state index < -0.39 is 0 Å². The molecule has 0 aliphatic carbocycles. The first-order valence-electron chi connectivity index (χ1n) is 7.61. The molecule has 0 unspecified atom stereocenters. The van der Waals surface area contributed by atoms with Gasteiger partial charge in [0, 0.05) is 37.1 Å². The van der Waals surface area contributed by atoms with E-state index in [1.807, 2.05) is 6.20 Å². The number of fused-ring (bicyclic) bond motifs is 1. The van der Waals surface area contributed by atoms with Gasteiger partial charge in [-0.25, -0.2) is 0 Å². The number of aromatic amines is 1. The highest BCUT2D eigenvalue weighted by Gasteiger charge is 2.27. The third-order valence-corrected chi connectivity index (χ3v) is 4.30. The molecule has 2 N–H and O–H groups in total. The van der Waals surface area contributed by atoms with Crippen molar-refractivity contribution in [3.63, 3.8) is 0 Å². The van der Waals surface area contributed by atoms with Gasteiger partial charge >= 0.3 is 0 Å². The first-order valence-corrected chi connectivity index (χ1v) is 7.61. The monoisotopic (exact) mass is 288 g/mol. The van der Waals surface area contributed by atoms with Crippen molar-refractivity contribution in [2.75, 3.05) is 32.8 Å². The Kier molecular flexibility index (Phi) is 4.24. The Labute approximate surface area is 125 Å². The van der Waals surface area contributed by atoms with Crippen molar-refractivity contribution in [2.45, 2.75) is 25.9 Å². The average Bonchev–Trinajstić information content (AvgIpc) is 2.97. The largest absolute Gasteiger partial charge is 0.379 e. The van der Waals surface area contributed by atoms with Crippen LogP contribution in [0.15, 0.2) is 24.4 Å². The van der Waals surface area contributed by atoms with Gasteiger partial charge in [-0.15, -0.1) is 0 Å². The molecule has 1 aliphatic heterocycles. The summed E-state index contributed by atoms with van der Waals surface area (Å²) in [7, 11) is 0. The highest BCUT2D eigenvalue weighted by molar-refractivity contribution is 5.81. The number of benzene rings is 1. The molecule has 114 valence electrons. The van der Waals surface area contributed by atoms with Crippen LogP contribution < -0.4 is 5.32 Å². The van der Waals surface area contributed by atoms with Gasteiger partial charge < -0.3 is 10.1 Å². The number of rotatable bonds is 5. The zero-order chi connectivity index (χ0) is 14.7. The fraction of sp³-hybridized carbons (Fsp3) is 0.562. The number of hydrogen-bond acceptors (Lipinski definition) is 4. The van der Waals surface area contributed by atoms with Crippen LogP contribution in [-0.2, 0) is 11.3 Å². The van der Waals surface area contributed by atoms with Gasteiger partial charge in [-0.2, -0.15) is 5.10 Å². The number of ether oxygens (including phenoxy) is 1. The Bertz CT molecular complexity index is 587. The molecule has 1 aromatic heterocycles. The third-order valence-electron chi connectivity index (χ3n) is 4.30. The van der Waals surface area contributed by atoms with Gasteiger partial charge in [0.15, 0.2) is 0 Å². The van der Waals surface area contributed by atoms with E-state index in [4.69, 9.17) is 4.74 Å². The van der Waals surface area contributed by atoms with E-state index in [0.717, 1.165) is 44.9 Å². The molecule has 0 amide bonds. The Hall–Kier alpha value is -1.43. The number of H-pyrrole nitrogens is 1. The van der Waals surface area contributed by atoms with Gasteiger partial charge in [0.05, 0.1) is 24.9 Å². The summed E-state index contributed by atoms with van der Waals surface area (Å²) in [5.41, 5.74) is 2.54. The highest BCUT2D eigenvalue weighted by Crippen LogP contribution is 2.17. The molecule has 3 rings (SSSR count). The summed E-state index contributed by atoms with van der Waals surface area (Å²) < 4.78 is 5.43. The molecule has 5 nitrogen and oxygen atoms in total. The van der Waals surface area contributed by atoms with E-state index in [2.05, 4.69) is 52.5 Å². The van der Waals surface area contributed by atoms with E-state index in [1.54, 1.807) is 0 Å². The lowest BCUT2D eigenvalue weighted by molar-refractivity contribution is -0.00966. The Morgan fingerprint density at radius 2 is 2.14 bits per heavy atom. The summed E-state index contributed by atoms with van der Waals surface area (Å²) in [6.07, 6.45) is 1.87. The van der Waals surface area contributed by atoms with Crippen LogP contribution in [0.2, 0.25) is 0 Å². The fourth-order valence-corrected chi connectivity index (χ4v) is 2.96. The van der Waals surface area contributed by atoms with Gasteiger partial charge in [-0.05, 0) is 19.4 Å². The smallest absolute Gasteiger partial charge is 0.0695 e. The van der Waals surface area contributed by atoms with E-state index in [1.165, 1.54) is 10.9 Å². The van der Waals surface area contributed by atoms with Crippen molar-refractivity contribution in [1.29, 1.82) is 0 Å². The van der Waals surface area contributed by atoms with Crippen LogP contribution in [0.25, 0.3) is 10.9 Å². The quantitative estimate of drug-likeness (QED) is 0.880. The van der Waals surface area contributed by atoms with Gasteiger partial charge in [0.25, 0.3) is 0 Å². The van der Waals surface area contributed by atoms with Crippen molar-refractivity contribution in [1.82, 2.24) is 20.4 Å². The molecular formula is C16H24N4O. The summed E-state index contributed by atoms with van der Waals surface area (Å²) in [5, 5.41) is 12.0. The van der Waals surface area contributed by atoms with Crippen LogP contribution in [-0.4, -0.2) is 53.5 Å². The van der Waals surface area contributed by atoms with Crippen molar-refractivity contribution in [3.05, 3.63) is 30.0 Å². The van der Waals surface area contributed by atoms with Crippen LogP contribution in [0.1, 0.15) is 19.4 Å². The SMILES string of the molecule is CC(C)(CNCc1cccc2cn[nH]c12)N1CCOCC1. The highest BCUT2D eigenvalue weighted by atomic mass is 16.5. The second-order valence-corrected chi connectivity index (χ2v) is 6.27. The average molecular weight is 288 g/mol. The molecule has 1 aliphatic rings. The molecule has 5 heteroatoms. The predicted octanol–water partition coefficient (Wildman–Crippen LogP) is 1.76. The van der Waals surface area contributed by atoms with E-state index >= 15 is 0 Å². The van der Waals surface area contributed by atoms with Gasteiger partial charge in [-0.3, -0.25) is 10.00 Å². The van der Waals surface area contributed by atoms with Crippen molar-refractivity contribution in [2.24, 2.45) is 0 Å². The molecule has 2 aromatic rings. The van der Waals surface area contributed by atoms with Crippen molar-refractivity contribution >= 4 is 10.9 Å². The Morgan fingerprint density at radius 3 is 2.95 bits per heavy atom. The molecule has 1 fully saturated rings. The number of nitrogens with zero attached hydrogens (tertiary/aromatic N) is 2. The van der Waals surface area contributed by atoms with Crippen LogP contribution >= 0.6 is 0 Å². The molecular weight excluding hydrogens is 264 g/mol. The summed E-state index contributed by atoms with van der Waals surface area (Å²) in [4.78, 5) is 2.50. The van der Waals surface area contributed by atoms with Gasteiger partial charge in [-0.1, -0.05) is 18.2 Å². The molecule has 2 heterocycles. The van der Waals surface area contributed by atoms with Gasteiger partial charge in [0.2, 0.25) is 0 Å². The predicted molar refractivity (Wildman–Crippen MR) is 84.3 cm³/mol. The summed E-state index contributed by atoms with van der Waals surface area (Å²) in [6.45, 7) is 10.1. The number of hydrogen-bond donors (Lipinski definition) is 2. The second kappa shape index (κ2) is 6.13. The van der Waals surface area contributed by atoms with Crippen LogP contribution in [0, 0.1) is 0 Å². The van der Waals surface area contributed by atoms with Crippen LogP contribution in [0.4, 0.5) is 0 Å². The first-order chi connectivity index (χ1) is 10.2. The zero-order valence-corrected chi connectivity index (χ0v) is 12.9. The molecule has 0 saturated carbocycles. The zero-order valence-electron chi connectivity index (χ0n) is 12.9. The maximum absolute atomic E-state index is 5.43. The maximum Gasteiger partial charge on any atom is 0.0695 e. The summed E-state index contributed by atoms with van der Waals surface area (Å²) in [6, 6.07) is 6.32. The first kappa shape index (κ1) is 14.5. The lowest BCUT2D eigenvalue weighted by Gasteiger charge is -2.41. The lowest BCUT2D eigenvalue weighted by atomic mass is 10.0. The summed E-state index contributed by atoms with van der Waals surface area (Å²) >= 11 is 0. The Balaban J connectivity index is 1.59. The Morgan fingerprint density at radius 1 is 1.33 bits per heavy atom. The van der Waals surface area contributed by atoms with Crippen LogP contribution in [0.3, 0.4) is 0 Å². The van der Waals surface area contributed by atoms with E-state index in [9.17, 15) is 0 Å². The summed E-state index contributed by atoms with van der Waals surface area (Å²) in [5.74, 6) is 0. The molecule has 1 saturated heterocycles. The number of para-hydroxylation sites is 1. The molecule has 0 radical (unpaired) electrons. The van der Waals surface area contributed by atoms with E-state index in [0.29, 0.717) is 0 Å². The fourth-order valence-electron chi connectivity index (χ4n) is 2.96. The van der Waals surface area contributed by atoms with E-state index in [-0.39, 0.29) is 5.54 Å². The normalized spacial score (nSPS) is 17.4. The maximum atomic E-state index is 5.43. The minimum atomic E-state index is 0.145. The van der Waals surface area contributed by atoms with Crippen LogP contribution in [0.5, 0.6) is 0 Å². The topological polar surface area (TPSA) is 53.2 Å². The molecule has 0 bridgehead atoms. The molecule has 0 atom stereocenters. The molecule has 21 heavy (non-hydrogen) atoms. The second-order valence-electron chi connectivity index (χ2n) is 6.27. The molecule has 0 spiro atoms. The minimum absolute atomic E-state index is 0.145.